The molecule has 0 saturated heterocycles. The van der Waals surface area contributed by atoms with Crippen LogP contribution in [-0.4, -0.2) is 36.4 Å². The van der Waals surface area contributed by atoms with E-state index in [0.717, 1.165) is 24.4 Å². The van der Waals surface area contributed by atoms with Gasteiger partial charge >= 0.3 is 0 Å². The van der Waals surface area contributed by atoms with Crippen molar-refractivity contribution in [3.8, 4) is 0 Å². The number of halogens is 2. The van der Waals surface area contributed by atoms with E-state index in [9.17, 15) is 9.59 Å². The van der Waals surface area contributed by atoms with Crippen molar-refractivity contribution in [3.05, 3.63) is 33.5 Å². The molecule has 0 radical (unpaired) electrons. The van der Waals surface area contributed by atoms with E-state index in [1.54, 1.807) is 16.7 Å². The predicted molar refractivity (Wildman–Crippen MR) is 113 cm³/mol. The molecule has 0 aliphatic carbocycles. The second-order valence-corrected chi connectivity index (χ2v) is 7.12. The third kappa shape index (κ3) is 9.49. The first-order valence-electron chi connectivity index (χ1n) is 7.91. The minimum absolute atomic E-state index is 0. The Labute approximate surface area is 174 Å². The maximum absolute atomic E-state index is 11.9. The van der Waals surface area contributed by atoms with Crippen LogP contribution in [0, 0.1) is 0 Å². The van der Waals surface area contributed by atoms with Crippen LogP contribution in [0.2, 0.25) is 0 Å². The summed E-state index contributed by atoms with van der Waals surface area (Å²) >= 11 is 2.89. The molecule has 0 saturated carbocycles. The van der Waals surface area contributed by atoms with Crippen LogP contribution in [0.4, 0.5) is 5.13 Å². The van der Waals surface area contributed by atoms with E-state index < -0.39 is 0 Å². The van der Waals surface area contributed by atoms with E-state index >= 15 is 0 Å². The van der Waals surface area contributed by atoms with Crippen molar-refractivity contribution in [2.75, 3.05) is 25.0 Å². The first-order valence-corrected chi connectivity index (χ1v) is 9.67. The highest BCUT2D eigenvalue weighted by Gasteiger charge is 2.10. The van der Waals surface area contributed by atoms with Gasteiger partial charge in [0.1, 0.15) is 0 Å². The van der Waals surface area contributed by atoms with E-state index in [-0.39, 0.29) is 43.0 Å². The van der Waals surface area contributed by atoms with E-state index in [0.29, 0.717) is 23.8 Å². The molecule has 0 atom stereocenters. The summed E-state index contributed by atoms with van der Waals surface area (Å²) in [5.41, 5.74) is 0.672. The van der Waals surface area contributed by atoms with E-state index in [1.165, 1.54) is 11.3 Å². The highest BCUT2D eigenvalue weighted by atomic mass is 35.5. The van der Waals surface area contributed by atoms with Crippen molar-refractivity contribution in [1.82, 2.24) is 15.6 Å². The fraction of sp³-hybridized carbons (Fsp3) is 0.438. The summed E-state index contributed by atoms with van der Waals surface area (Å²) in [4.78, 5) is 29.0. The Morgan fingerprint density at radius 3 is 2.58 bits per heavy atom. The smallest absolute Gasteiger partial charge is 0.231 e. The topological polar surface area (TPSA) is 83.1 Å². The van der Waals surface area contributed by atoms with Gasteiger partial charge in [0.25, 0.3) is 0 Å². The minimum atomic E-state index is -0.0928. The first kappa shape index (κ1) is 24.8. The van der Waals surface area contributed by atoms with Crippen molar-refractivity contribution in [1.29, 1.82) is 0 Å². The summed E-state index contributed by atoms with van der Waals surface area (Å²) in [7, 11) is 0. The Morgan fingerprint density at radius 1 is 1.08 bits per heavy atom. The van der Waals surface area contributed by atoms with Crippen LogP contribution in [-0.2, 0) is 22.4 Å². The summed E-state index contributed by atoms with van der Waals surface area (Å²) in [6, 6.07) is 3.85. The number of hydrogen-bond donors (Lipinski definition) is 3. The van der Waals surface area contributed by atoms with Gasteiger partial charge in [-0.3, -0.25) is 9.59 Å². The number of carbonyl (C=O) groups is 2. The molecule has 0 fully saturated rings. The summed E-state index contributed by atoms with van der Waals surface area (Å²) in [5, 5.41) is 13.1. The molecule has 0 aliphatic heterocycles. The first-order chi connectivity index (χ1) is 11.7. The predicted octanol–water partition coefficient (Wildman–Crippen LogP) is 2.89. The van der Waals surface area contributed by atoms with Crippen LogP contribution in [0.5, 0.6) is 0 Å². The summed E-state index contributed by atoms with van der Waals surface area (Å²) in [5.74, 6) is -0.153. The standard InChI is InChI=1S/C16H22N4O2S2.2ClH/c1-2-5-17-6-7-18-14(21)9-12-11-24-16(19-12)20-15(22)10-13-4-3-8-23-13;;/h3-4,8,11,17H,2,5-7,9-10H2,1H3,(H,18,21)(H,19,20,22);2*1H. The average molecular weight is 439 g/mol. The highest BCUT2D eigenvalue weighted by Crippen LogP contribution is 2.17. The van der Waals surface area contributed by atoms with Crippen LogP contribution < -0.4 is 16.0 Å². The molecular weight excluding hydrogens is 415 g/mol. The molecule has 0 aromatic carbocycles. The Morgan fingerprint density at radius 2 is 1.88 bits per heavy atom. The van der Waals surface area contributed by atoms with Crippen LogP contribution >= 0.6 is 47.5 Å². The molecule has 0 aliphatic rings. The summed E-state index contributed by atoms with van der Waals surface area (Å²) < 4.78 is 0. The lowest BCUT2D eigenvalue weighted by atomic mass is 10.3. The molecule has 0 unspecified atom stereocenters. The van der Waals surface area contributed by atoms with Crippen LogP contribution in [0.15, 0.2) is 22.9 Å². The monoisotopic (exact) mass is 438 g/mol. The quantitative estimate of drug-likeness (QED) is 0.497. The van der Waals surface area contributed by atoms with Crippen LogP contribution in [0.25, 0.3) is 0 Å². The van der Waals surface area contributed by atoms with Gasteiger partial charge in [-0.15, -0.1) is 47.5 Å². The third-order valence-electron chi connectivity index (χ3n) is 3.11. The summed E-state index contributed by atoms with van der Waals surface area (Å²) in [6.07, 6.45) is 1.65. The van der Waals surface area contributed by atoms with Crippen molar-refractivity contribution in [2.24, 2.45) is 0 Å². The second kappa shape index (κ2) is 13.9. The Kier molecular flexibility index (Phi) is 13.3. The van der Waals surface area contributed by atoms with Gasteiger partial charge in [0, 0.05) is 23.3 Å². The molecule has 2 aromatic rings. The number of anilines is 1. The van der Waals surface area contributed by atoms with Gasteiger partial charge in [-0.2, -0.15) is 0 Å². The van der Waals surface area contributed by atoms with Gasteiger partial charge in [0.05, 0.1) is 18.5 Å². The molecule has 2 heterocycles. The van der Waals surface area contributed by atoms with Crippen LogP contribution in [0.3, 0.4) is 0 Å². The number of amides is 2. The number of aromatic nitrogens is 1. The molecule has 26 heavy (non-hydrogen) atoms. The number of nitrogens with one attached hydrogen (secondary N) is 3. The van der Waals surface area contributed by atoms with Gasteiger partial charge in [-0.25, -0.2) is 4.98 Å². The number of rotatable bonds is 10. The lowest BCUT2D eigenvalue weighted by Gasteiger charge is -2.05. The number of hydrogen-bond acceptors (Lipinski definition) is 6. The van der Waals surface area contributed by atoms with E-state index in [1.807, 2.05) is 17.5 Å². The number of carbonyl (C=O) groups excluding carboxylic acids is 2. The second-order valence-electron chi connectivity index (χ2n) is 5.23. The van der Waals surface area contributed by atoms with E-state index in [4.69, 9.17) is 0 Å². The normalized spacial score (nSPS) is 9.73. The van der Waals surface area contributed by atoms with Gasteiger partial charge < -0.3 is 16.0 Å². The van der Waals surface area contributed by atoms with Gasteiger partial charge in [0.2, 0.25) is 11.8 Å². The molecule has 0 bridgehead atoms. The Balaban J connectivity index is 0.00000312. The molecule has 2 amide bonds. The Hall–Kier alpha value is -1.19. The lowest BCUT2D eigenvalue weighted by Crippen LogP contribution is -2.33. The maximum atomic E-state index is 11.9. The SMILES string of the molecule is CCCNCCNC(=O)Cc1csc(NC(=O)Cc2cccs2)n1.Cl.Cl. The largest absolute Gasteiger partial charge is 0.354 e. The summed E-state index contributed by atoms with van der Waals surface area (Å²) in [6.45, 7) is 4.43. The van der Waals surface area contributed by atoms with Gasteiger partial charge in [0.15, 0.2) is 5.13 Å². The fourth-order valence-electron chi connectivity index (χ4n) is 2.00. The van der Waals surface area contributed by atoms with Crippen LogP contribution in [0.1, 0.15) is 23.9 Å². The zero-order chi connectivity index (χ0) is 17.2. The molecule has 3 N–H and O–H groups in total. The number of nitrogens with zero attached hydrogens (tertiary/aromatic N) is 1. The minimum Gasteiger partial charge on any atom is -0.354 e. The zero-order valence-electron chi connectivity index (χ0n) is 14.4. The molecule has 2 rings (SSSR count). The Bertz CT molecular complexity index is 650. The number of thiazole rings is 1. The third-order valence-corrected chi connectivity index (χ3v) is 4.79. The highest BCUT2D eigenvalue weighted by molar-refractivity contribution is 7.14. The maximum Gasteiger partial charge on any atom is 0.231 e. The van der Waals surface area contributed by atoms with Crippen molar-refractivity contribution < 1.29 is 9.59 Å². The van der Waals surface area contributed by atoms with E-state index in [2.05, 4.69) is 27.9 Å². The zero-order valence-corrected chi connectivity index (χ0v) is 17.7. The molecule has 2 aromatic heterocycles. The molecule has 0 spiro atoms. The van der Waals surface area contributed by atoms with Crippen molar-refractivity contribution in [3.63, 3.8) is 0 Å². The van der Waals surface area contributed by atoms with Gasteiger partial charge in [-0.05, 0) is 24.4 Å². The van der Waals surface area contributed by atoms with Crippen molar-refractivity contribution >= 4 is 64.4 Å². The molecule has 146 valence electrons. The lowest BCUT2D eigenvalue weighted by molar-refractivity contribution is -0.120. The van der Waals surface area contributed by atoms with Crippen molar-refractivity contribution in [2.45, 2.75) is 26.2 Å². The molecule has 10 heteroatoms. The molecular formula is C16H24Cl2N4O2S2. The van der Waals surface area contributed by atoms with Gasteiger partial charge in [-0.1, -0.05) is 13.0 Å². The molecule has 6 nitrogen and oxygen atoms in total. The number of thiophene rings is 1. The fourth-order valence-corrected chi connectivity index (χ4v) is 3.43. The average Bonchev–Trinajstić information content (AvgIpc) is 3.19.